The molecule has 2 aromatic rings. The van der Waals surface area contributed by atoms with Crippen LogP contribution in [0, 0.1) is 5.92 Å². The molecule has 3 rings (SSSR count). The van der Waals surface area contributed by atoms with Crippen molar-refractivity contribution in [3.63, 3.8) is 0 Å². The number of benzene rings is 2. The van der Waals surface area contributed by atoms with Gasteiger partial charge in [0.05, 0.1) is 0 Å². The number of ether oxygens (including phenoxy) is 1. The van der Waals surface area contributed by atoms with Gasteiger partial charge in [-0.05, 0) is 42.3 Å². The average molecular weight is 331 g/mol. The first-order valence-corrected chi connectivity index (χ1v) is 8.50. The lowest BCUT2D eigenvalue weighted by molar-refractivity contribution is 0.232. The summed E-state index contributed by atoms with van der Waals surface area (Å²) in [5.74, 6) is 1.91. The molecule has 0 unspecified atom stereocenters. The molecule has 1 aliphatic rings. The quantitative estimate of drug-likeness (QED) is 0.882. The third kappa shape index (κ3) is 4.25. The molecule has 0 saturated carbocycles. The lowest BCUT2D eigenvalue weighted by Crippen LogP contribution is -2.27. The van der Waals surface area contributed by atoms with Crippen molar-refractivity contribution in [2.75, 3.05) is 32.8 Å². The SMILES string of the molecule is NC[C@@H]1CN(CCOc2ccc(Cl)cc2)C[C@H]1c1ccccc1. The largest absolute Gasteiger partial charge is 0.492 e. The molecule has 122 valence electrons. The normalized spacial score (nSPS) is 21.5. The number of rotatable bonds is 6. The molecule has 2 N–H and O–H groups in total. The first kappa shape index (κ1) is 16.3. The Labute approximate surface area is 143 Å². The molecule has 3 nitrogen and oxygen atoms in total. The van der Waals surface area contributed by atoms with Gasteiger partial charge < -0.3 is 10.5 Å². The Hall–Kier alpha value is -1.55. The zero-order valence-corrected chi connectivity index (χ0v) is 14.0. The highest BCUT2D eigenvalue weighted by Crippen LogP contribution is 2.31. The molecule has 0 aromatic heterocycles. The summed E-state index contributed by atoms with van der Waals surface area (Å²) in [5, 5.41) is 0.730. The van der Waals surface area contributed by atoms with E-state index in [1.165, 1.54) is 5.56 Å². The lowest BCUT2D eigenvalue weighted by Gasteiger charge is -2.17. The van der Waals surface area contributed by atoms with Crippen molar-refractivity contribution < 1.29 is 4.74 Å². The molecule has 1 saturated heterocycles. The van der Waals surface area contributed by atoms with Gasteiger partial charge in [0.25, 0.3) is 0 Å². The van der Waals surface area contributed by atoms with Gasteiger partial charge in [-0.3, -0.25) is 4.90 Å². The fourth-order valence-corrected chi connectivity index (χ4v) is 3.41. The minimum atomic E-state index is 0.521. The van der Waals surface area contributed by atoms with Crippen LogP contribution in [0.2, 0.25) is 5.02 Å². The topological polar surface area (TPSA) is 38.5 Å². The van der Waals surface area contributed by atoms with E-state index in [-0.39, 0.29) is 0 Å². The van der Waals surface area contributed by atoms with Gasteiger partial charge in [-0.15, -0.1) is 0 Å². The maximum absolute atomic E-state index is 5.99. The van der Waals surface area contributed by atoms with Gasteiger partial charge in [0.15, 0.2) is 0 Å². The van der Waals surface area contributed by atoms with Gasteiger partial charge >= 0.3 is 0 Å². The van der Waals surface area contributed by atoms with E-state index in [2.05, 4.69) is 35.2 Å². The fourth-order valence-electron chi connectivity index (χ4n) is 3.28. The van der Waals surface area contributed by atoms with Crippen molar-refractivity contribution in [1.29, 1.82) is 0 Å². The third-order valence-corrected chi connectivity index (χ3v) is 4.79. The number of halogens is 1. The molecule has 1 heterocycles. The minimum absolute atomic E-state index is 0.521. The van der Waals surface area contributed by atoms with Crippen LogP contribution in [-0.4, -0.2) is 37.7 Å². The van der Waals surface area contributed by atoms with E-state index in [0.717, 1.165) is 37.0 Å². The Morgan fingerprint density at radius 2 is 1.78 bits per heavy atom. The smallest absolute Gasteiger partial charge is 0.119 e. The molecule has 0 aliphatic carbocycles. The maximum Gasteiger partial charge on any atom is 0.119 e. The Morgan fingerprint density at radius 1 is 1.04 bits per heavy atom. The molecular formula is C19H23ClN2O. The predicted molar refractivity (Wildman–Crippen MR) is 95.1 cm³/mol. The molecule has 2 aromatic carbocycles. The summed E-state index contributed by atoms with van der Waals surface area (Å²) in [4.78, 5) is 2.45. The molecule has 0 amide bonds. The first-order valence-electron chi connectivity index (χ1n) is 8.12. The molecule has 1 aliphatic heterocycles. The van der Waals surface area contributed by atoms with Crippen molar-refractivity contribution in [2.24, 2.45) is 11.7 Å². The second kappa shape index (κ2) is 7.82. The van der Waals surface area contributed by atoms with Crippen molar-refractivity contribution in [3.8, 4) is 5.75 Å². The van der Waals surface area contributed by atoms with Gasteiger partial charge in [0, 0.05) is 30.6 Å². The van der Waals surface area contributed by atoms with Gasteiger partial charge in [-0.2, -0.15) is 0 Å². The van der Waals surface area contributed by atoms with E-state index in [9.17, 15) is 0 Å². The first-order chi connectivity index (χ1) is 11.3. The summed E-state index contributed by atoms with van der Waals surface area (Å²) in [5.41, 5.74) is 7.38. The maximum atomic E-state index is 5.99. The van der Waals surface area contributed by atoms with Gasteiger partial charge in [0.1, 0.15) is 12.4 Å². The summed E-state index contributed by atoms with van der Waals surface area (Å²) in [6.45, 7) is 4.42. The van der Waals surface area contributed by atoms with Gasteiger partial charge in [-0.1, -0.05) is 41.9 Å². The minimum Gasteiger partial charge on any atom is -0.492 e. The zero-order valence-electron chi connectivity index (χ0n) is 13.2. The van der Waals surface area contributed by atoms with Crippen molar-refractivity contribution >= 4 is 11.6 Å². The Bertz CT molecular complexity index is 603. The van der Waals surface area contributed by atoms with E-state index in [1.54, 1.807) is 0 Å². The molecule has 0 radical (unpaired) electrons. The molecular weight excluding hydrogens is 308 g/mol. The summed E-state index contributed by atoms with van der Waals surface area (Å²) < 4.78 is 5.80. The van der Waals surface area contributed by atoms with Crippen molar-refractivity contribution in [3.05, 3.63) is 65.2 Å². The average Bonchev–Trinajstić information content (AvgIpc) is 3.01. The molecule has 2 atom stereocenters. The third-order valence-electron chi connectivity index (χ3n) is 4.54. The van der Waals surface area contributed by atoms with E-state index in [4.69, 9.17) is 22.1 Å². The van der Waals surface area contributed by atoms with Crippen LogP contribution in [0.3, 0.4) is 0 Å². The number of hydrogen-bond donors (Lipinski definition) is 1. The lowest BCUT2D eigenvalue weighted by atomic mass is 9.89. The number of hydrogen-bond acceptors (Lipinski definition) is 3. The van der Waals surface area contributed by atoms with Crippen LogP contribution in [-0.2, 0) is 0 Å². The highest BCUT2D eigenvalue weighted by molar-refractivity contribution is 6.30. The fraction of sp³-hybridized carbons (Fsp3) is 0.368. The van der Waals surface area contributed by atoms with Crippen LogP contribution in [0.5, 0.6) is 5.75 Å². The van der Waals surface area contributed by atoms with Crippen LogP contribution < -0.4 is 10.5 Å². The zero-order chi connectivity index (χ0) is 16.1. The van der Waals surface area contributed by atoms with E-state index in [0.29, 0.717) is 18.4 Å². The Balaban J connectivity index is 1.52. The predicted octanol–water partition coefficient (Wildman–Crippen LogP) is 3.39. The monoisotopic (exact) mass is 330 g/mol. The number of nitrogens with two attached hydrogens (primary N) is 1. The van der Waals surface area contributed by atoms with Crippen molar-refractivity contribution in [1.82, 2.24) is 4.90 Å². The Morgan fingerprint density at radius 3 is 2.48 bits per heavy atom. The standard InChI is InChI=1S/C19H23ClN2O/c20-17-6-8-18(9-7-17)23-11-10-22-13-16(12-21)19(14-22)15-4-2-1-3-5-15/h1-9,16,19H,10-14,21H2/t16-,19+/m1/s1. The molecule has 4 heteroatoms. The van der Waals surface area contributed by atoms with Crippen LogP contribution in [0.4, 0.5) is 0 Å². The van der Waals surface area contributed by atoms with Gasteiger partial charge in [-0.25, -0.2) is 0 Å². The summed E-state index contributed by atoms with van der Waals surface area (Å²) in [7, 11) is 0. The molecule has 1 fully saturated rings. The highest BCUT2D eigenvalue weighted by atomic mass is 35.5. The molecule has 0 bridgehead atoms. The highest BCUT2D eigenvalue weighted by Gasteiger charge is 2.32. The van der Waals surface area contributed by atoms with Crippen LogP contribution in [0.1, 0.15) is 11.5 Å². The van der Waals surface area contributed by atoms with Crippen LogP contribution in [0.25, 0.3) is 0 Å². The summed E-state index contributed by atoms with van der Waals surface area (Å²) >= 11 is 5.88. The number of nitrogens with zero attached hydrogens (tertiary/aromatic N) is 1. The van der Waals surface area contributed by atoms with Gasteiger partial charge in [0.2, 0.25) is 0 Å². The van der Waals surface area contributed by atoms with E-state index < -0.39 is 0 Å². The Kier molecular flexibility index (Phi) is 5.55. The summed E-state index contributed by atoms with van der Waals surface area (Å²) in [6.07, 6.45) is 0. The van der Waals surface area contributed by atoms with E-state index >= 15 is 0 Å². The number of likely N-dealkylation sites (tertiary alicyclic amines) is 1. The summed E-state index contributed by atoms with van der Waals surface area (Å²) in [6, 6.07) is 18.2. The van der Waals surface area contributed by atoms with E-state index in [1.807, 2.05) is 24.3 Å². The second-order valence-electron chi connectivity index (χ2n) is 6.07. The second-order valence-corrected chi connectivity index (χ2v) is 6.51. The van der Waals surface area contributed by atoms with Crippen molar-refractivity contribution in [2.45, 2.75) is 5.92 Å². The van der Waals surface area contributed by atoms with Crippen LogP contribution >= 0.6 is 11.6 Å². The molecule has 0 spiro atoms. The molecule has 23 heavy (non-hydrogen) atoms. The van der Waals surface area contributed by atoms with Crippen LogP contribution in [0.15, 0.2) is 54.6 Å².